The smallest absolute Gasteiger partial charge is 0.341 e. The Morgan fingerprint density at radius 2 is 1.79 bits per heavy atom. The number of aromatic nitrogens is 1. The summed E-state index contributed by atoms with van der Waals surface area (Å²) >= 11 is 0. The topological polar surface area (TPSA) is 59.3 Å². The van der Waals surface area contributed by atoms with Crippen molar-refractivity contribution in [2.45, 2.75) is 6.92 Å². The summed E-state index contributed by atoms with van der Waals surface area (Å²) in [5.74, 6) is -1.19. The number of nitrogens with zero attached hydrogens (tertiary/aromatic N) is 1. The Labute approximate surface area is 133 Å². The second kappa shape index (κ2) is 6.19. The van der Waals surface area contributed by atoms with Gasteiger partial charge in [0.25, 0.3) is 0 Å². The van der Waals surface area contributed by atoms with Gasteiger partial charge in [-0.25, -0.2) is 4.79 Å². The Balaban J connectivity index is 0.00000180. The van der Waals surface area contributed by atoms with E-state index in [1.807, 2.05) is 18.2 Å². The number of benzene rings is 1. The number of aromatic carboxylic acids is 1. The van der Waals surface area contributed by atoms with E-state index in [0.717, 1.165) is 5.56 Å². The third-order valence-electron chi connectivity index (χ3n) is 2.98. The van der Waals surface area contributed by atoms with Gasteiger partial charge in [-0.15, -0.1) is 0 Å². The number of hydrogen-bond acceptors (Lipinski definition) is 2. The van der Waals surface area contributed by atoms with Crippen LogP contribution in [0, 0.1) is 6.92 Å². The molecule has 93 valence electrons. The Morgan fingerprint density at radius 3 is 2.32 bits per heavy atom. The predicted octanol–water partition coefficient (Wildman–Crippen LogP) is 1.68. The van der Waals surface area contributed by atoms with Crippen LogP contribution in [0.15, 0.2) is 41.3 Å². The molecule has 0 saturated heterocycles. The zero-order chi connectivity index (χ0) is 13.3. The molecule has 1 heterocycles. The van der Waals surface area contributed by atoms with Gasteiger partial charge in [0.05, 0.1) is 0 Å². The largest absolute Gasteiger partial charge is 0.477 e. The van der Waals surface area contributed by atoms with Gasteiger partial charge in [-0.3, -0.25) is 4.79 Å². The standard InChI is InChI=1S/C14H13NO3.Na/c1-9-12(14(17)18)13(16)11(8-15(9)2)10-6-4-3-5-7-10;/h3-8H,1-2H3,(H,17,18);. The van der Waals surface area contributed by atoms with E-state index in [1.54, 1.807) is 36.9 Å². The Hall–Kier alpha value is -1.36. The third kappa shape index (κ3) is 2.97. The minimum atomic E-state index is -1.19. The molecule has 1 radical (unpaired) electrons. The molecule has 5 heteroatoms. The second-order valence-corrected chi connectivity index (χ2v) is 4.11. The molecule has 1 aromatic heterocycles. The van der Waals surface area contributed by atoms with Crippen LogP contribution in [-0.2, 0) is 7.05 Å². The normalized spacial score (nSPS) is 9.79. The number of carboxylic acids is 1. The van der Waals surface area contributed by atoms with Crippen molar-refractivity contribution >= 4 is 35.5 Å². The van der Waals surface area contributed by atoms with Gasteiger partial charge in [0.2, 0.25) is 5.43 Å². The summed E-state index contributed by atoms with van der Waals surface area (Å²) in [6.45, 7) is 1.62. The minimum Gasteiger partial charge on any atom is -0.477 e. The van der Waals surface area contributed by atoms with Gasteiger partial charge < -0.3 is 9.67 Å². The SMILES string of the molecule is Cc1c(C(=O)O)c(=O)c(-c2ccccc2)cn1C.[Na]. The van der Waals surface area contributed by atoms with E-state index >= 15 is 0 Å². The van der Waals surface area contributed by atoms with Crippen LogP contribution >= 0.6 is 0 Å². The van der Waals surface area contributed by atoms with Gasteiger partial charge in [-0.2, -0.15) is 0 Å². The maximum Gasteiger partial charge on any atom is 0.341 e. The summed E-state index contributed by atoms with van der Waals surface area (Å²) < 4.78 is 1.66. The first-order valence-electron chi connectivity index (χ1n) is 5.51. The van der Waals surface area contributed by atoms with Crippen molar-refractivity contribution in [1.82, 2.24) is 4.57 Å². The van der Waals surface area contributed by atoms with Crippen LogP contribution in [0.3, 0.4) is 0 Å². The quantitative estimate of drug-likeness (QED) is 0.841. The van der Waals surface area contributed by atoms with E-state index in [4.69, 9.17) is 5.11 Å². The molecule has 4 nitrogen and oxygen atoms in total. The number of hydrogen-bond donors (Lipinski definition) is 1. The maximum atomic E-state index is 12.2. The van der Waals surface area contributed by atoms with E-state index in [9.17, 15) is 9.59 Å². The van der Waals surface area contributed by atoms with E-state index in [-0.39, 0.29) is 35.1 Å². The molecular weight excluding hydrogens is 253 g/mol. The van der Waals surface area contributed by atoms with Crippen molar-refractivity contribution in [3.8, 4) is 11.1 Å². The molecule has 0 atom stereocenters. The molecule has 0 fully saturated rings. The van der Waals surface area contributed by atoms with Crippen LogP contribution in [0.2, 0.25) is 0 Å². The molecule has 1 aromatic carbocycles. The molecule has 2 rings (SSSR count). The monoisotopic (exact) mass is 266 g/mol. The molecule has 1 N–H and O–H groups in total. The minimum absolute atomic E-state index is 0. The average molecular weight is 266 g/mol. The van der Waals surface area contributed by atoms with Gasteiger partial charge in [-0.1, -0.05) is 30.3 Å². The molecule has 19 heavy (non-hydrogen) atoms. The molecule has 0 unspecified atom stereocenters. The summed E-state index contributed by atoms with van der Waals surface area (Å²) in [7, 11) is 1.73. The van der Waals surface area contributed by atoms with Crippen molar-refractivity contribution in [1.29, 1.82) is 0 Å². The van der Waals surface area contributed by atoms with E-state index in [2.05, 4.69) is 0 Å². The van der Waals surface area contributed by atoms with Crippen LogP contribution in [0.4, 0.5) is 0 Å². The second-order valence-electron chi connectivity index (χ2n) is 4.11. The Bertz CT molecular complexity index is 662. The molecule has 0 aliphatic heterocycles. The summed E-state index contributed by atoms with van der Waals surface area (Å²) in [4.78, 5) is 23.4. The molecule has 2 aromatic rings. The summed E-state index contributed by atoms with van der Waals surface area (Å²) in [5, 5.41) is 9.13. The van der Waals surface area contributed by atoms with Crippen LogP contribution in [0.5, 0.6) is 0 Å². The fourth-order valence-electron chi connectivity index (χ4n) is 1.90. The summed E-state index contributed by atoms with van der Waals surface area (Å²) in [6, 6.07) is 9.06. The number of aryl methyl sites for hydroxylation is 1. The third-order valence-corrected chi connectivity index (χ3v) is 2.98. The first kappa shape index (κ1) is 15.7. The number of carboxylic acid groups (broad SMARTS) is 1. The number of carbonyl (C=O) groups is 1. The van der Waals surface area contributed by atoms with Crippen LogP contribution in [-0.4, -0.2) is 45.2 Å². The maximum absolute atomic E-state index is 12.2. The first-order valence-corrected chi connectivity index (χ1v) is 5.51. The van der Waals surface area contributed by atoms with Crippen molar-refractivity contribution in [2.75, 3.05) is 0 Å². The van der Waals surface area contributed by atoms with E-state index in [0.29, 0.717) is 11.3 Å². The number of pyridine rings is 1. The fourth-order valence-corrected chi connectivity index (χ4v) is 1.90. The predicted molar refractivity (Wildman–Crippen MR) is 74.6 cm³/mol. The zero-order valence-electron chi connectivity index (χ0n) is 11.2. The van der Waals surface area contributed by atoms with E-state index < -0.39 is 11.4 Å². The van der Waals surface area contributed by atoms with Crippen LogP contribution in [0.25, 0.3) is 11.1 Å². The van der Waals surface area contributed by atoms with Gasteiger partial charge in [0.15, 0.2) is 0 Å². The molecule has 0 bridgehead atoms. The van der Waals surface area contributed by atoms with E-state index in [1.165, 1.54) is 0 Å². The molecule has 0 amide bonds. The van der Waals surface area contributed by atoms with Gasteiger partial charge in [-0.05, 0) is 12.5 Å². The van der Waals surface area contributed by atoms with Crippen LogP contribution < -0.4 is 5.43 Å². The zero-order valence-corrected chi connectivity index (χ0v) is 13.2. The first-order chi connectivity index (χ1) is 8.52. The summed E-state index contributed by atoms with van der Waals surface area (Å²) in [5.41, 5.74) is 0.969. The Morgan fingerprint density at radius 1 is 1.21 bits per heavy atom. The van der Waals surface area contributed by atoms with Crippen molar-refractivity contribution in [3.05, 3.63) is 58.0 Å². The van der Waals surface area contributed by atoms with Crippen molar-refractivity contribution in [2.24, 2.45) is 7.05 Å². The van der Waals surface area contributed by atoms with Gasteiger partial charge in [0, 0.05) is 54.1 Å². The van der Waals surface area contributed by atoms with Crippen LogP contribution in [0.1, 0.15) is 16.1 Å². The fraction of sp³-hybridized carbons (Fsp3) is 0.143. The molecule has 0 saturated carbocycles. The molecule has 0 spiro atoms. The van der Waals surface area contributed by atoms with Gasteiger partial charge >= 0.3 is 5.97 Å². The number of rotatable bonds is 2. The Kier molecular flexibility index (Phi) is 5.11. The van der Waals surface area contributed by atoms with Crippen molar-refractivity contribution < 1.29 is 9.90 Å². The molecular formula is C14H13NNaO3. The average Bonchev–Trinajstić information content (AvgIpc) is 2.34. The van der Waals surface area contributed by atoms with Gasteiger partial charge in [0.1, 0.15) is 5.56 Å². The molecule has 0 aliphatic rings. The molecule has 0 aliphatic carbocycles. The summed E-state index contributed by atoms with van der Waals surface area (Å²) in [6.07, 6.45) is 1.67. The van der Waals surface area contributed by atoms with Crippen molar-refractivity contribution in [3.63, 3.8) is 0 Å².